The summed E-state index contributed by atoms with van der Waals surface area (Å²) in [6, 6.07) is 0. The van der Waals surface area contributed by atoms with Gasteiger partial charge >= 0.3 is 0 Å². The molecule has 0 saturated carbocycles. The lowest BCUT2D eigenvalue weighted by molar-refractivity contribution is -0.819. The first-order valence-electron chi connectivity index (χ1n) is 6.97. The number of quaternary nitrogens is 1. The van der Waals surface area contributed by atoms with E-state index >= 15 is 0 Å². The Morgan fingerprint density at radius 2 is 1.71 bits per heavy atom. The fraction of sp³-hybridized carbons (Fsp3) is 0.733. The summed E-state index contributed by atoms with van der Waals surface area (Å²) in [5.74, 6) is 0. The van der Waals surface area contributed by atoms with Crippen LogP contribution in [-0.2, 0) is 0 Å². The van der Waals surface area contributed by atoms with Gasteiger partial charge in [0.15, 0.2) is 0 Å². The third kappa shape index (κ3) is 5.27. The van der Waals surface area contributed by atoms with Crippen molar-refractivity contribution in [3.8, 4) is 0 Å². The highest BCUT2D eigenvalue weighted by molar-refractivity contribution is 5.13. The summed E-state index contributed by atoms with van der Waals surface area (Å²) in [6.45, 7) is 5.83. The molecule has 1 aliphatic rings. The highest BCUT2D eigenvalue weighted by atomic mass is 35.5. The minimum Gasteiger partial charge on any atom is -1.00 e. The molecule has 1 rings (SSSR count). The van der Waals surface area contributed by atoms with E-state index in [4.69, 9.17) is 0 Å². The number of allylic oxidation sites excluding steroid dienone is 3. The molecule has 1 atom stereocenters. The lowest BCUT2D eigenvalue weighted by Gasteiger charge is -2.29. The van der Waals surface area contributed by atoms with Crippen LogP contribution in [0.15, 0.2) is 24.0 Å². The van der Waals surface area contributed by atoms with Crippen LogP contribution in [-0.4, -0.2) is 18.1 Å². The van der Waals surface area contributed by atoms with E-state index in [1.165, 1.54) is 51.5 Å². The van der Waals surface area contributed by atoms with Crippen LogP contribution >= 0.6 is 0 Å². The Morgan fingerprint density at radius 1 is 1.00 bits per heavy atom. The fourth-order valence-corrected chi connectivity index (χ4v) is 2.39. The minimum absolute atomic E-state index is 0. The van der Waals surface area contributed by atoms with Crippen molar-refractivity contribution >= 4 is 0 Å². The quantitative estimate of drug-likeness (QED) is 0.458. The lowest BCUT2D eigenvalue weighted by atomic mass is 10.1. The predicted octanol–water partition coefficient (Wildman–Crippen LogP) is 1.62. The average molecular weight is 258 g/mol. The topological polar surface area (TPSA) is 0 Å². The summed E-state index contributed by atoms with van der Waals surface area (Å²) in [5.41, 5.74) is 1.61. The zero-order valence-electron chi connectivity index (χ0n) is 11.7. The summed E-state index contributed by atoms with van der Waals surface area (Å²) in [4.78, 5) is 0. The highest BCUT2D eigenvalue weighted by Gasteiger charge is 2.26. The first kappa shape index (κ1) is 16.7. The van der Waals surface area contributed by atoms with Gasteiger partial charge in [-0.05, 0) is 25.3 Å². The number of rotatable bonds is 8. The number of hydrogen-bond donors (Lipinski definition) is 0. The summed E-state index contributed by atoms with van der Waals surface area (Å²) >= 11 is 0. The van der Waals surface area contributed by atoms with Gasteiger partial charge in [0.05, 0.1) is 13.6 Å². The first-order chi connectivity index (χ1) is 7.73. The Kier molecular flexibility index (Phi) is 8.63. The van der Waals surface area contributed by atoms with E-state index in [-0.39, 0.29) is 12.4 Å². The van der Waals surface area contributed by atoms with Gasteiger partial charge < -0.3 is 12.4 Å². The van der Waals surface area contributed by atoms with E-state index in [9.17, 15) is 0 Å². The van der Waals surface area contributed by atoms with Gasteiger partial charge in [0, 0.05) is 12.5 Å². The van der Waals surface area contributed by atoms with Gasteiger partial charge in [0.2, 0.25) is 0 Å². The van der Waals surface area contributed by atoms with Crippen molar-refractivity contribution in [1.29, 1.82) is 0 Å². The van der Waals surface area contributed by atoms with E-state index in [1.807, 2.05) is 0 Å². The van der Waals surface area contributed by atoms with E-state index in [0.717, 1.165) is 4.48 Å². The average Bonchev–Trinajstić information content (AvgIpc) is 2.64. The van der Waals surface area contributed by atoms with Crippen LogP contribution in [0.25, 0.3) is 0 Å². The molecule has 0 bridgehead atoms. The van der Waals surface area contributed by atoms with Crippen molar-refractivity contribution in [2.24, 2.45) is 0 Å². The maximum Gasteiger partial charge on any atom is 0.113 e. The third-order valence-corrected chi connectivity index (χ3v) is 3.62. The second-order valence-electron chi connectivity index (χ2n) is 5.16. The summed E-state index contributed by atoms with van der Waals surface area (Å²) in [7, 11) is 2.36. The predicted molar refractivity (Wildman–Crippen MR) is 71.9 cm³/mol. The molecule has 1 aliphatic heterocycles. The second-order valence-corrected chi connectivity index (χ2v) is 5.16. The molecule has 0 saturated heterocycles. The molecule has 1 nitrogen and oxygen atoms in total. The van der Waals surface area contributed by atoms with Crippen molar-refractivity contribution in [2.45, 2.75) is 58.8 Å². The maximum absolute atomic E-state index is 2.36. The first-order valence-corrected chi connectivity index (χ1v) is 6.97. The number of nitrogens with zero attached hydrogens (tertiary/aromatic N) is 1. The normalized spacial score (nSPS) is 22.4. The molecular weight excluding hydrogens is 230 g/mol. The zero-order chi connectivity index (χ0) is 11.9. The molecule has 0 spiro atoms. The Balaban J connectivity index is 0.00000256. The van der Waals surface area contributed by atoms with Gasteiger partial charge in [0.1, 0.15) is 11.9 Å². The molecule has 1 unspecified atom stereocenters. The van der Waals surface area contributed by atoms with Crippen LogP contribution in [0.1, 0.15) is 58.8 Å². The maximum atomic E-state index is 2.36. The van der Waals surface area contributed by atoms with Crippen LogP contribution in [0.4, 0.5) is 0 Å². The molecule has 0 aromatic heterocycles. The molecule has 0 fully saturated rings. The van der Waals surface area contributed by atoms with Crippen LogP contribution in [0.5, 0.6) is 0 Å². The smallest absolute Gasteiger partial charge is 0.113 e. The Morgan fingerprint density at radius 3 is 2.35 bits per heavy atom. The third-order valence-electron chi connectivity index (χ3n) is 3.62. The van der Waals surface area contributed by atoms with Gasteiger partial charge in [0.25, 0.3) is 0 Å². The molecule has 2 heteroatoms. The van der Waals surface area contributed by atoms with Crippen LogP contribution in [0.2, 0.25) is 0 Å². The van der Waals surface area contributed by atoms with E-state index in [2.05, 4.69) is 39.2 Å². The molecule has 0 aromatic carbocycles. The molecule has 0 amide bonds. The largest absolute Gasteiger partial charge is 1.00 e. The van der Waals surface area contributed by atoms with Crippen molar-refractivity contribution < 1.29 is 16.9 Å². The number of unbranched alkanes of at least 4 members (excludes halogenated alkanes) is 4. The van der Waals surface area contributed by atoms with E-state index < -0.39 is 0 Å². The Hall–Kier alpha value is -0.270. The highest BCUT2D eigenvalue weighted by Crippen LogP contribution is 2.27. The van der Waals surface area contributed by atoms with Gasteiger partial charge in [-0.25, -0.2) is 0 Å². The van der Waals surface area contributed by atoms with E-state index in [0.29, 0.717) is 0 Å². The monoisotopic (exact) mass is 257 g/mol. The molecule has 17 heavy (non-hydrogen) atoms. The molecule has 1 heterocycles. The van der Waals surface area contributed by atoms with E-state index in [1.54, 1.807) is 5.70 Å². The Labute approximate surface area is 114 Å². The minimum atomic E-state index is 0. The lowest BCUT2D eigenvalue weighted by Crippen LogP contribution is -3.00. The standard InChI is InChI=1S/C15H28N.ClH/c1-4-6-8-9-13-16(3)14-10-12-15(16)11-7-5-2;/h10,12,14H,4-9,11,13H2,1-3H3;1H/q+1;/p-1. The van der Waals surface area contributed by atoms with Gasteiger partial charge in [-0.3, -0.25) is 4.48 Å². The van der Waals surface area contributed by atoms with Crippen LogP contribution < -0.4 is 12.4 Å². The summed E-state index contributed by atoms with van der Waals surface area (Å²) in [5, 5.41) is 0. The van der Waals surface area contributed by atoms with Crippen molar-refractivity contribution in [2.75, 3.05) is 13.6 Å². The van der Waals surface area contributed by atoms with Crippen molar-refractivity contribution in [3.63, 3.8) is 0 Å². The molecule has 0 N–H and O–H groups in total. The molecule has 0 aliphatic carbocycles. The Bertz CT molecular complexity index is 258. The molecule has 0 aromatic rings. The molecule has 0 radical (unpaired) electrons. The zero-order valence-corrected chi connectivity index (χ0v) is 12.5. The number of hydrogen-bond acceptors (Lipinski definition) is 0. The van der Waals surface area contributed by atoms with Crippen molar-refractivity contribution in [3.05, 3.63) is 24.0 Å². The summed E-state index contributed by atoms with van der Waals surface area (Å²) < 4.78 is 1.07. The van der Waals surface area contributed by atoms with Gasteiger partial charge in [-0.2, -0.15) is 0 Å². The van der Waals surface area contributed by atoms with Gasteiger partial charge in [-0.15, -0.1) is 0 Å². The van der Waals surface area contributed by atoms with Gasteiger partial charge in [-0.1, -0.05) is 33.1 Å². The summed E-state index contributed by atoms with van der Waals surface area (Å²) in [6.07, 6.45) is 16.3. The van der Waals surface area contributed by atoms with Crippen LogP contribution in [0.3, 0.4) is 0 Å². The second kappa shape index (κ2) is 8.77. The molecule has 100 valence electrons. The number of halogens is 1. The molecular formula is C15H28ClN. The fourth-order valence-electron chi connectivity index (χ4n) is 2.39. The van der Waals surface area contributed by atoms with Crippen LogP contribution in [0, 0.1) is 0 Å². The van der Waals surface area contributed by atoms with Crippen molar-refractivity contribution in [1.82, 2.24) is 0 Å². The SMILES string of the molecule is CCCCCC[N+]1(C)C=CC=C1CCCC.[Cl-].